The van der Waals surface area contributed by atoms with Crippen molar-refractivity contribution in [3.05, 3.63) is 29.8 Å². The lowest BCUT2D eigenvalue weighted by Crippen LogP contribution is -2.48. The number of hydrogen-bond acceptors (Lipinski definition) is 3. The number of hydrogen-bond donors (Lipinski definition) is 2. The summed E-state index contributed by atoms with van der Waals surface area (Å²) in [4.78, 5) is 26.6. The lowest BCUT2D eigenvalue weighted by molar-refractivity contribution is -0.122. The van der Waals surface area contributed by atoms with Crippen LogP contribution in [0.3, 0.4) is 0 Å². The maximum Gasteiger partial charge on any atom is 0.255 e. The summed E-state index contributed by atoms with van der Waals surface area (Å²) in [6, 6.07) is 7.46. The normalized spacial score (nSPS) is 29.0. The molecule has 5 heteroatoms. The molecule has 0 saturated heterocycles. The van der Waals surface area contributed by atoms with Crippen LogP contribution in [0.25, 0.3) is 0 Å². The number of amides is 2. The van der Waals surface area contributed by atoms with Crippen molar-refractivity contribution in [3.8, 4) is 0 Å². The van der Waals surface area contributed by atoms with Gasteiger partial charge in [-0.3, -0.25) is 9.59 Å². The quantitative estimate of drug-likeness (QED) is 0.894. The Labute approximate surface area is 143 Å². The fourth-order valence-electron chi connectivity index (χ4n) is 4.26. The molecule has 0 heterocycles. The molecule has 24 heavy (non-hydrogen) atoms. The first kappa shape index (κ1) is 17.0. The molecule has 0 aromatic heterocycles. The Morgan fingerprint density at radius 1 is 1.12 bits per heavy atom. The molecule has 2 saturated carbocycles. The molecule has 2 amide bonds. The number of rotatable bonds is 3. The standard InChI is InChI=1S/C19H27N3O2/c1-22(2)19(24)15-8-3-4-9-16(15)21-18(23)14-10-12-6-5-7-13(11-14)17(12)20/h3-4,8-9,12-14,17H,5-7,10-11,20H2,1-2H3,(H,21,23). The molecule has 2 aliphatic carbocycles. The van der Waals surface area contributed by atoms with Gasteiger partial charge in [-0.05, 0) is 49.7 Å². The number of benzene rings is 1. The minimum atomic E-state index is -0.103. The molecule has 2 unspecified atom stereocenters. The Balaban J connectivity index is 1.73. The molecule has 3 rings (SSSR count). The van der Waals surface area contributed by atoms with Gasteiger partial charge in [0.05, 0.1) is 11.3 Å². The van der Waals surface area contributed by atoms with E-state index in [1.165, 1.54) is 11.3 Å². The molecule has 1 aromatic carbocycles. The van der Waals surface area contributed by atoms with E-state index < -0.39 is 0 Å². The van der Waals surface area contributed by atoms with Crippen LogP contribution in [0, 0.1) is 17.8 Å². The number of para-hydroxylation sites is 1. The molecule has 3 N–H and O–H groups in total. The van der Waals surface area contributed by atoms with Crippen molar-refractivity contribution >= 4 is 17.5 Å². The second kappa shape index (κ2) is 6.93. The zero-order valence-corrected chi connectivity index (χ0v) is 14.5. The minimum absolute atomic E-state index is 0.00242. The van der Waals surface area contributed by atoms with Crippen molar-refractivity contribution in [2.45, 2.75) is 38.1 Å². The first-order chi connectivity index (χ1) is 11.5. The third-order valence-electron chi connectivity index (χ3n) is 5.61. The lowest BCUT2D eigenvalue weighted by Gasteiger charge is -2.43. The Bertz CT molecular complexity index is 615. The van der Waals surface area contributed by atoms with E-state index in [-0.39, 0.29) is 23.8 Å². The van der Waals surface area contributed by atoms with Crippen molar-refractivity contribution in [2.75, 3.05) is 19.4 Å². The Kier molecular flexibility index (Phi) is 4.90. The maximum absolute atomic E-state index is 12.8. The summed E-state index contributed by atoms with van der Waals surface area (Å²) in [6.07, 6.45) is 5.24. The SMILES string of the molecule is CN(C)C(=O)c1ccccc1NC(=O)C1CC2CCCC(C1)C2N. The highest BCUT2D eigenvalue weighted by atomic mass is 16.2. The molecule has 5 nitrogen and oxygen atoms in total. The lowest BCUT2D eigenvalue weighted by atomic mass is 9.65. The predicted octanol–water partition coefficient (Wildman–Crippen LogP) is 2.48. The highest BCUT2D eigenvalue weighted by Crippen LogP contribution is 2.42. The number of nitrogens with two attached hydrogens (primary N) is 1. The summed E-state index contributed by atoms with van der Waals surface area (Å²) >= 11 is 0. The molecule has 2 aliphatic rings. The Morgan fingerprint density at radius 3 is 2.38 bits per heavy atom. The van der Waals surface area contributed by atoms with E-state index in [2.05, 4.69) is 5.32 Å². The zero-order valence-electron chi connectivity index (χ0n) is 14.5. The van der Waals surface area contributed by atoms with Gasteiger partial charge in [-0.15, -0.1) is 0 Å². The zero-order chi connectivity index (χ0) is 17.3. The topological polar surface area (TPSA) is 75.4 Å². The van der Waals surface area contributed by atoms with Gasteiger partial charge in [0.2, 0.25) is 5.91 Å². The number of anilines is 1. The van der Waals surface area contributed by atoms with Crippen LogP contribution in [0.15, 0.2) is 24.3 Å². The minimum Gasteiger partial charge on any atom is -0.345 e. The number of fused-ring (bicyclic) bond motifs is 2. The first-order valence-electron chi connectivity index (χ1n) is 8.84. The molecule has 130 valence electrons. The van der Waals surface area contributed by atoms with Gasteiger partial charge in [-0.1, -0.05) is 18.6 Å². The van der Waals surface area contributed by atoms with Gasteiger partial charge in [0.25, 0.3) is 5.91 Å². The van der Waals surface area contributed by atoms with Crippen molar-refractivity contribution in [1.82, 2.24) is 4.90 Å². The number of nitrogens with one attached hydrogen (secondary N) is 1. The van der Waals surface area contributed by atoms with Gasteiger partial charge in [-0.2, -0.15) is 0 Å². The van der Waals surface area contributed by atoms with Crippen molar-refractivity contribution in [1.29, 1.82) is 0 Å². The van der Waals surface area contributed by atoms with E-state index in [1.807, 2.05) is 12.1 Å². The van der Waals surface area contributed by atoms with Crippen LogP contribution in [0.2, 0.25) is 0 Å². The van der Waals surface area contributed by atoms with Crippen molar-refractivity contribution in [2.24, 2.45) is 23.5 Å². The largest absolute Gasteiger partial charge is 0.345 e. The fraction of sp³-hybridized carbons (Fsp3) is 0.579. The van der Waals surface area contributed by atoms with Gasteiger partial charge >= 0.3 is 0 Å². The third-order valence-corrected chi connectivity index (χ3v) is 5.61. The van der Waals surface area contributed by atoms with E-state index in [0.29, 0.717) is 23.1 Å². The van der Waals surface area contributed by atoms with Gasteiger partial charge < -0.3 is 16.0 Å². The summed E-state index contributed by atoms with van der Waals surface area (Å²) in [5.74, 6) is 0.854. The molecule has 0 radical (unpaired) electrons. The molecule has 2 atom stereocenters. The number of carbonyl (C=O) groups excluding carboxylic acids is 2. The monoisotopic (exact) mass is 329 g/mol. The maximum atomic E-state index is 12.8. The summed E-state index contributed by atoms with van der Waals surface area (Å²) < 4.78 is 0. The molecule has 0 spiro atoms. The van der Waals surface area contributed by atoms with Gasteiger partial charge in [0.15, 0.2) is 0 Å². The molecule has 2 fully saturated rings. The van der Waals surface area contributed by atoms with Crippen LogP contribution < -0.4 is 11.1 Å². The Morgan fingerprint density at radius 2 is 1.75 bits per heavy atom. The van der Waals surface area contributed by atoms with Gasteiger partial charge in [0.1, 0.15) is 0 Å². The van der Waals surface area contributed by atoms with Crippen LogP contribution in [-0.4, -0.2) is 36.9 Å². The van der Waals surface area contributed by atoms with Gasteiger partial charge in [0, 0.05) is 26.1 Å². The molecule has 0 aliphatic heterocycles. The average Bonchev–Trinajstić information content (AvgIpc) is 2.54. The van der Waals surface area contributed by atoms with Gasteiger partial charge in [-0.25, -0.2) is 0 Å². The summed E-state index contributed by atoms with van der Waals surface area (Å²) in [5.41, 5.74) is 7.44. The van der Waals surface area contributed by atoms with Crippen molar-refractivity contribution < 1.29 is 9.59 Å². The van der Waals surface area contributed by atoms with E-state index in [4.69, 9.17) is 5.73 Å². The molecular weight excluding hydrogens is 302 g/mol. The average molecular weight is 329 g/mol. The molecule has 1 aromatic rings. The predicted molar refractivity (Wildman–Crippen MR) is 94.6 cm³/mol. The van der Waals surface area contributed by atoms with E-state index in [9.17, 15) is 9.59 Å². The third kappa shape index (κ3) is 3.31. The van der Waals surface area contributed by atoms with Crippen LogP contribution in [0.4, 0.5) is 5.69 Å². The molecule has 2 bridgehead atoms. The van der Waals surface area contributed by atoms with Crippen LogP contribution >= 0.6 is 0 Å². The Hall–Kier alpha value is -1.88. The summed E-state index contributed by atoms with van der Waals surface area (Å²) in [7, 11) is 3.43. The fourth-order valence-corrected chi connectivity index (χ4v) is 4.26. The molecular formula is C19H27N3O2. The smallest absolute Gasteiger partial charge is 0.255 e. The highest BCUT2D eigenvalue weighted by Gasteiger charge is 2.40. The van der Waals surface area contributed by atoms with Crippen LogP contribution in [0.1, 0.15) is 42.5 Å². The van der Waals surface area contributed by atoms with E-state index in [1.54, 1.807) is 26.2 Å². The van der Waals surface area contributed by atoms with Crippen LogP contribution in [0.5, 0.6) is 0 Å². The second-order valence-electron chi connectivity index (χ2n) is 7.43. The highest BCUT2D eigenvalue weighted by molar-refractivity contribution is 6.04. The second-order valence-corrected chi connectivity index (χ2v) is 7.43. The summed E-state index contributed by atoms with van der Waals surface area (Å²) in [6.45, 7) is 0. The summed E-state index contributed by atoms with van der Waals surface area (Å²) in [5, 5.41) is 2.99. The van der Waals surface area contributed by atoms with Crippen molar-refractivity contribution in [3.63, 3.8) is 0 Å². The number of carbonyl (C=O) groups is 2. The number of nitrogens with zero attached hydrogens (tertiary/aromatic N) is 1. The van der Waals surface area contributed by atoms with E-state index >= 15 is 0 Å². The first-order valence-corrected chi connectivity index (χ1v) is 8.84. The van der Waals surface area contributed by atoms with E-state index in [0.717, 1.165) is 25.7 Å². The van der Waals surface area contributed by atoms with Crippen LogP contribution in [-0.2, 0) is 4.79 Å².